The Kier molecular flexibility index (Phi) is 4.87. The molecule has 0 unspecified atom stereocenters. The van der Waals surface area contributed by atoms with E-state index in [-0.39, 0.29) is 11.0 Å². The summed E-state index contributed by atoms with van der Waals surface area (Å²) in [6, 6.07) is 9.64. The molecular weight excluding hydrogens is 279 g/mol. The maximum absolute atomic E-state index is 6.06. The van der Waals surface area contributed by atoms with Crippen molar-refractivity contribution in [2.75, 3.05) is 0 Å². The maximum Gasteiger partial charge on any atom is 0.172 e. The molecule has 1 aromatic rings. The minimum Gasteiger partial charge on any atom is -0.385 e. The van der Waals surface area contributed by atoms with Crippen LogP contribution in [0.1, 0.15) is 19.4 Å². The average molecular weight is 292 g/mol. The van der Waals surface area contributed by atoms with Gasteiger partial charge in [-0.1, -0.05) is 65.1 Å². The lowest BCUT2D eigenvalue weighted by Crippen LogP contribution is -2.30. The molecule has 0 bridgehead atoms. The molecule has 0 fully saturated rings. The predicted molar refractivity (Wildman–Crippen MR) is 76.6 cm³/mol. The van der Waals surface area contributed by atoms with Gasteiger partial charge in [0.05, 0.1) is 0 Å². The number of benzene rings is 1. The van der Waals surface area contributed by atoms with Crippen molar-refractivity contribution in [2.45, 2.75) is 18.2 Å². The molecule has 0 aliphatic carbocycles. The summed E-state index contributed by atoms with van der Waals surface area (Å²) in [5.41, 5.74) is 7.42. The highest BCUT2D eigenvalue weighted by atomic mass is 35.5. The number of aliphatic imine (C=N–C) groups is 1. The first-order chi connectivity index (χ1) is 7.82. The summed E-state index contributed by atoms with van der Waals surface area (Å²) in [6.45, 7) is 3.39. The number of allylic oxidation sites excluding steroid dienone is 1. The molecule has 0 heterocycles. The summed E-state index contributed by atoms with van der Waals surface area (Å²) in [5, 5.41) is 0.279. The SMILES string of the molecule is C/C(=C(Cl)\N=C(\N)C(C)(Cl)Cl)c1ccccc1. The molecule has 0 atom stereocenters. The number of alkyl halides is 2. The second-order valence-electron chi connectivity index (χ2n) is 3.67. The lowest BCUT2D eigenvalue weighted by Gasteiger charge is -2.12. The standard InChI is InChI=1S/C12H13Cl3N2/c1-8(9-6-4-3-5-7-9)10(13)17-11(16)12(2,14)15/h3-7H,1-2H3,(H2,16,17)/b10-8+. The van der Waals surface area contributed by atoms with E-state index in [1.807, 2.05) is 37.3 Å². The summed E-state index contributed by atoms with van der Waals surface area (Å²) < 4.78 is -1.23. The summed E-state index contributed by atoms with van der Waals surface area (Å²) in [5.74, 6) is 0.0705. The Balaban J connectivity index is 3.08. The molecule has 2 nitrogen and oxygen atoms in total. The zero-order valence-electron chi connectivity index (χ0n) is 9.55. The van der Waals surface area contributed by atoms with Crippen LogP contribution < -0.4 is 5.73 Å². The first-order valence-electron chi connectivity index (χ1n) is 4.96. The fraction of sp³-hybridized carbons (Fsp3) is 0.250. The Hall–Kier alpha value is -0.700. The van der Waals surface area contributed by atoms with Gasteiger partial charge in [-0.05, 0) is 25.0 Å². The van der Waals surface area contributed by atoms with Crippen LogP contribution in [0.2, 0.25) is 0 Å². The van der Waals surface area contributed by atoms with Crippen LogP contribution >= 0.6 is 34.8 Å². The lowest BCUT2D eigenvalue weighted by molar-refractivity contribution is 1.14. The van der Waals surface area contributed by atoms with E-state index >= 15 is 0 Å². The molecule has 0 saturated heterocycles. The highest BCUT2D eigenvalue weighted by Crippen LogP contribution is 2.25. The molecule has 17 heavy (non-hydrogen) atoms. The van der Waals surface area contributed by atoms with Crippen LogP contribution in [0.3, 0.4) is 0 Å². The Morgan fingerprint density at radius 3 is 2.24 bits per heavy atom. The van der Waals surface area contributed by atoms with E-state index in [1.54, 1.807) is 0 Å². The van der Waals surface area contributed by atoms with Gasteiger partial charge in [-0.3, -0.25) is 0 Å². The fourth-order valence-corrected chi connectivity index (χ4v) is 1.38. The summed E-state index contributed by atoms with van der Waals surface area (Å²) in [7, 11) is 0. The number of amidine groups is 1. The summed E-state index contributed by atoms with van der Waals surface area (Å²) in [4.78, 5) is 4.00. The van der Waals surface area contributed by atoms with Crippen LogP contribution in [-0.4, -0.2) is 10.2 Å². The van der Waals surface area contributed by atoms with Gasteiger partial charge in [0.15, 0.2) is 4.33 Å². The van der Waals surface area contributed by atoms with Gasteiger partial charge in [-0.2, -0.15) is 0 Å². The van der Waals surface area contributed by atoms with E-state index in [2.05, 4.69) is 4.99 Å². The van der Waals surface area contributed by atoms with Crippen molar-refractivity contribution in [3.05, 3.63) is 41.1 Å². The highest BCUT2D eigenvalue weighted by molar-refractivity contribution is 6.58. The van der Waals surface area contributed by atoms with Crippen molar-refractivity contribution in [3.63, 3.8) is 0 Å². The van der Waals surface area contributed by atoms with E-state index in [1.165, 1.54) is 6.92 Å². The molecule has 92 valence electrons. The second-order valence-corrected chi connectivity index (χ2v) is 5.73. The Morgan fingerprint density at radius 2 is 1.76 bits per heavy atom. The van der Waals surface area contributed by atoms with Crippen LogP contribution in [0.15, 0.2) is 40.5 Å². The first-order valence-corrected chi connectivity index (χ1v) is 6.10. The van der Waals surface area contributed by atoms with Crippen LogP contribution in [-0.2, 0) is 0 Å². The second kappa shape index (κ2) is 5.76. The normalized spacial score (nSPS) is 14.5. The van der Waals surface area contributed by atoms with E-state index < -0.39 is 4.33 Å². The molecule has 2 N–H and O–H groups in total. The molecule has 0 saturated carbocycles. The van der Waals surface area contributed by atoms with E-state index in [4.69, 9.17) is 40.5 Å². The number of halogens is 3. The first kappa shape index (κ1) is 14.4. The molecule has 0 radical (unpaired) electrons. The number of hydrogen-bond donors (Lipinski definition) is 1. The third-order valence-corrected chi connectivity index (χ3v) is 2.94. The van der Waals surface area contributed by atoms with Gasteiger partial charge >= 0.3 is 0 Å². The zero-order chi connectivity index (χ0) is 13.1. The monoisotopic (exact) mass is 290 g/mol. The van der Waals surface area contributed by atoms with Crippen LogP contribution in [0, 0.1) is 0 Å². The van der Waals surface area contributed by atoms with Gasteiger partial charge in [0.25, 0.3) is 0 Å². The molecule has 1 rings (SSSR count). The highest BCUT2D eigenvalue weighted by Gasteiger charge is 2.22. The van der Waals surface area contributed by atoms with Crippen LogP contribution in [0.25, 0.3) is 5.57 Å². The number of hydrogen-bond acceptors (Lipinski definition) is 1. The van der Waals surface area contributed by atoms with Gasteiger partial charge in [0.2, 0.25) is 0 Å². The molecule has 0 amide bonds. The van der Waals surface area contributed by atoms with Gasteiger partial charge in [-0.15, -0.1) is 0 Å². The Labute approximate surface area is 116 Å². The minimum atomic E-state index is -1.23. The minimum absolute atomic E-state index is 0.0705. The molecule has 0 aliphatic heterocycles. The maximum atomic E-state index is 6.06. The van der Waals surface area contributed by atoms with E-state index in [0.717, 1.165) is 11.1 Å². The van der Waals surface area contributed by atoms with E-state index in [0.29, 0.717) is 0 Å². The topological polar surface area (TPSA) is 38.4 Å². The fourth-order valence-electron chi connectivity index (χ4n) is 1.10. The van der Waals surface area contributed by atoms with Gasteiger partial charge in [-0.25, -0.2) is 4.99 Å². The third kappa shape index (κ3) is 4.23. The predicted octanol–water partition coefficient (Wildman–Crippen LogP) is 4.16. The molecule has 0 aromatic heterocycles. The van der Waals surface area contributed by atoms with Crippen molar-refractivity contribution in [3.8, 4) is 0 Å². The largest absolute Gasteiger partial charge is 0.385 e. The summed E-state index contributed by atoms with van der Waals surface area (Å²) in [6.07, 6.45) is 0. The van der Waals surface area contributed by atoms with Crippen molar-refractivity contribution in [1.29, 1.82) is 0 Å². The van der Waals surface area contributed by atoms with Crippen LogP contribution in [0.5, 0.6) is 0 Å². The molecule has 0 spiro atoms. The Morgan fingerprint density at radius 1 is 1.24 bits per heavy atom. The smallest absolute Gasteiger partial charge is 0.172 e. The summed E-state index contributed by atoms with van der Waals surface area (Å²) >= 11 is 17.7. The third-order valence-electron chi connectivity index (χ3n) is 2.18. The van der Waals surface area contributed by atoms with Gasteiger partial charge in [0.1, 0.15) is 11.0 Å². The van der Waals surface area contributed by atoms with Crippen molar-refractivity contribution in [1.82, 2.24) is 0 Å². The Bertz CT molecular complexity index is 445. The van der Waals surface area contributed by atoms with E-state index in [9.17, 15) is 0 Å². The average Bonchev–Trinajstić information content (AvgIpc) is 2.27. The quantitative estimate of drug-likeness (QED) is 0.386. The molecule has 1 aromatic carbocycles. The molecular formula is C12H13Cl3N2. The zero-order valence-corrected chi connectivity index (χ0v) is 11.8. The van der Waals surface area contributed by atoms with Crippen molar-refractivity contribution < 1.29 is 0 Å². The lowest BCUT2D eigenvalue weighted by atomic mass is 10.1. The number of rotatable bonds is 3. The van der Waals surface area contributed by atoms with Crippen LogP contribution in [0.4, 0.5) is 0 Å². The van der Waals surface area contributed by atoms with Gasteiger partial charge < -0.3 is 5.73 Å². The molecule has 5 heteroatoms. The van der Waals surface area contributed by atoms with Crippen molar-refractivity contribution >= 4 is 46.2 Å². The number of nitrogens with two attached hydrogens (primary N) is 1. The molecule has 0 aliphatic rings. The van der Waals surface area contributed by atoms with Crippen molar-refractivity contribution in [2.24, 2.45) is 10.7 Å². The number of nitrogens with zero attached hydrogens (tertiary/aromatic N) is 1. The van der Waals surface area contributed by atoms with Gasteiger partial charge in [0, 0.05) is 0 Å².